The fraction of sp³-hybridized carbons (Fsp3) is 0. The monoisotopic (exact) mass is 230 g/mol. The summed E-state index contributed by atoms with van der Waals surface area (Å²) in [5, 5.41) is 0. The molecule has 4 heteroatoms. The van der Waals surface area contributed by atoms with Gasteiger partial charge in [0.25, 0.3) is 0 Å². The van der Waals surface area contributed by atoms with Crippen LogP contribution in [-0.4, -0.2) is 0 Å². The average Bonchev–Trinajstić information content (AvgIpc) is 2.60. The van der Waals surface area contributed by atoms with Crippen LogP contribution >= 0.6 is 12.3 Å². The summed E-state index contributed by atoms with van der Waals surface area (Å²) in [5.74, 6) is 8.57. The summed E-state index contributed by atoms with van der Waals surface area (Å²) in [4.78, 5) is 0. The summed E-state index contributed by atoms with van der Waals surface area (Å²) in [7, 11) is 0. The molecule has 0 N–H and O–H groups in total. The molecule has 0 amide bonds. The Morgan fingerprint density at radius 3 is 1.08 bits per heavy atom. The minimum atomic E-state index is -1.51. The first-order valence-electron chi connectivity index (χ1n) is 3.60. The first-order valence-corrected chi connectivity index (χ1v) is 10.2. The summed E-state index contributed by atoms with van der Waals surface area (Å²) >= 11 is 11.2. The van der Waals surface area contributed by atoms with Crippen LogP contribution in [0.1, 0.15) is 0 Å². The van der Waals surface area contributed by atoms with Crippen LogP contribution in [0.2, 0.25) is 0 Å². The molecule has 62 valence electrons. The Hall–Kier alpha value is 0.520. The molecule has 12 heavy (non-hydrogen) atoms. The molecule has 0 saturated carbocycles. The molecule has 2 aliphatic rings. The molecule has 0 aromatic carbocycles. The maximum absolute atomic E-state index is 5.62. The Kier molecular flexibility index (Phi) is 2.29. The molecule has 0 unspecified atom stereocenters. The van der Waals surface area contributed by atoms with Crippen molar-refractivity contribution in [2.75, 3.05) is 0 Å². The van der Waals surface area contributed by atoms with Crippen molar-refractivity contribution in [3.05, 3.63) is 47.6 Å². The fourth-order valence-electron chi connectivity index (χ4n) is 1.21. The first-order chi connectivity index (χ1) is 5.66. The highest BCUT2D eigenvalue weighted by Gasteiger charge is 2.41. The second kappa shape index (κ2) is 3.03. The van der Waals surface area contributed by atoms with Crippen molar-refractivity contribution in [1.29, 1.82) is 0 Å². The summed E-state index contributed by atoms with van der Waals surface area (Å²) in [6, 6.07) is 0. The zero-order valence-corrected chi connectivity index (χ0v) is 9.75. The zero-order valence-electron chi connectivity index (χ0n) is 6.33. The van der Waals surface area contributed by atoms with Crippen molar-refractivity contribution in [2.45, 2.75) is 0 Å². The van der Waals surface area contributed by atoms with Crippen molar-refractivity contribution in [2.24, 2.45) is 0 Å². The van der Waals surface area contributed by atoms with E-state index < -0.39 is 12.3 Å². The van der Waals surface area contributed by atoms with Crippen LogP contribution in [0.4, 0.5) is 0 Å². The van der Waals surface area contributed by atoms with Crippen LogP contribution in [0, 0.1) is 0 Å². The third-order valence-corrected chi connectivity index (χ3v) is 17.1. The van der Waals surface area contributed by atoms with Crippen molar-refractivity contribution in [3.63, 3.8) is 0 Å². The highest BCUT2D eigenvalue weighted by atomic mass is 33.1. The molecule has 0 saturated heterocycles. The van der Waals surface area contributed by atoms with Gasteiger partial charge >= 0.3 is 0 Å². The Morgan fingerprint density at radius 2 is 0.833 bits per heavy atom. The van der Waals surface area contributed by atoms with Gasteiger partial charge < -0.3 is 24.5 Å². The maximum atomic E-state index is 5.62. The molecular formula is C8H8P2S2. The predicted molar refractivity (Wildman–Crippen MR) is 65.1 cm³/mol. The van der Waals surface area contributed by atoms with Gasteiger partial charge in [0.05, 0.1) is 35.6 Å². The van der Waals surface area contributed by atoms with Crippen molar-refractivity contribution >= 4 is 36.8 Å². The van der Waals surface area contributed by atoms with Crippen LogP contribution < -0.4 is 0 Å². The van der Waals surface area contributed by atoms with Gasteiger partial charge in [0.2, 0.25) is 0 Å². The summed E-state index contributed by atoms with van der Waals surface area (Å²) in [6.07, 6.45) is 5.14. The van der Waals surface area contributed by atoms with E-state index in [4.69, 9.17) is 24.5 Å². The van der Waals surface area contributed by atoms with E-state index in [0.29, 0.717) is 0 Å². The number of allylic oxidation sites excluding steroid dienone is 4. The van der Waals surface area contributed by atoms with E-state index in [9.17, 15) is 0 Å². The van der Waals surface area contributed by atoms with E-state index >= 15 is 0 Å². The molecule has 0 atom stereocenters. The predicted octanol–water partition coefficient (Wildman–Crippen LogP) is 3.94. The second-order valence-corrected chi connectivity index (χ2v) is 15.8. The van der Waals surface area contributed by atoms with Gasteiger partial charge in [-0.3, -0.25) is 0 Å². The Bertz CT molecular complexity index is 259. The normalized spacial score (nSPS) is 27.2. The zero-order chi connectivity index (χ0) is 8.66. The Labute approximate surface area is 84.4 Å². The van der Waals surface area contributed by atoms with Gasteiger partial charge in [-0.1, -0.05) is 0 Å². The largest absolute Gasteiger partial charge is 0.510 e. The molecule has 2 rings (SSSR count). The Morgan fingerprint density at radius 1 is 0.583 bits per heavy atom. The maximum Gasteiger partial charge on any atom is 0.0761 e. The van der Waals surface area contributed by atoms with Crippen molar-refractivity contribution in [1.82, 2.24) is 0 Å². The summed E-state index contributed by atoms with van der Waals surface area (Å²) < 4.78 is 0. The van der Waals surface area contributed by atoms with Crippen molar-refractivity contribution in [3.8, 4) is 0 Å². The van der Waals surface area contributed by atoms with Crippen LogP contribution in [-0.2, 0) is 24.5 Å². The number of hydrogen-bond acceptors (Lipinski definition) is 2. The minimum Gasteiger partial charge on any atom is -0.510 e. The topological polar surface area (TPSA) is 0 Å². The molecular weight excluding hydrogens is 222 g/mol. The lowest BCUT2D eigenvalue weighted by atomic mass is 10.6. The molecule has 0 aromatic heterocycles. The van der Waals surface area contributed by atoms with E-state index in [-0.39, 0.29) is 0 Å². The van der Waals surface area contributed by atoms with E-state index in [1.165, 1.54) is 0 Å². The van der Waals surface area contributed by atoms with Gasteiger partial charge in [-0.2, -0.15) is 0 Å². The quantitative estimate of drug-likeness (QED) is 0.494. The summed E-state index contributed by atoms with van der Waals surface area (Å²) in [6.45, 7) is 0. The smallest absolute Gasteiger partial charge is 0.0761 e. The molecule has 0 aliphatic carbocycles. The van der Waals surface area contributed by atoms with E-state index in [0.717, 1.165) is 0 Å². The lowest BCUT2D eigenvalue weighted by Crippen LogP contribution is -1.81. The number of hydrogen-bond donors (Lipinski definition) is 0. The van der Waals surface area contributed by atoms with E-state index in [1.807, 2.05) is 24.3 Å². The SMILES string of the molecule is [S-][P+]1([P+]2([S-])C=CC=C2)C=CC=C1. The fourth-order valence-corrected chi connectivity index (χ4v) is 9.85. The highest BCUT2D eigenvalue weighted by Crippen LogP contribution is 2.98. The third-order valence-electron chi connectivity index (χ3n) is 1.91. The molecule has 0 nitrogen and oxygen atoms in total. The van der Waals surface area contributed by atoms with Crippen molar-refractivity contribution < 1.29 is 0 Å². The van der Waals surface area contributed by atoms with Crippen LogP contribution in [0.3, 0.4) is 0 Å². The highest BCUT2D eigenvalue weighted by molar-refractivity contribution is 8.94. The second-order valence-electron chi connectivity index (χ2n) is 2.71. The van der Waals surface area contributed by atoms with Gasteiger partial charge in [0.15, 0.2) is 0 Å². The lowest BCUT2D eigenvalue weighted by Gasteiger charge is -2.36. The average molecular weight is 230 g/mol. The molecule has 0 radical (unpaired) electrons. The van der Waals surface area contributed by atoms with E-state index in [1.54, 1.807) is 0 Å². The molecule has 0 spiro atoms. The molecule has 2 heterocycles. The van der Waals surface area contributed by atoms with Gasteiger partial charge in [0, 0.05) is 0 Å². The van der Waals surface area contributed by atoms with E-state index in [2.05, 4.69) is 23.3 Å². The van der Waals surface area contributed by atoms with Crippen LogP contribution in [0.15, 0.2) is 47.6 Å². The molecule has 0 fully saturated rings. The molecule has 0 bridgehead atoms. The Balaban J connectivity index is 2.41. The lowest BCUT2D eigenvalue weighted by molar-refractivity contribution is 2.15. The molecule has 0 aromatic rings. The van der Waals surface area contributed by atoms with Gasteiger partial charge in [0.1, 0.15) is 0 Å². The van der Waals surface area contributed by atoms with Crippen LogP contribution in [0.5, 0.6) is 0 Å². The standard InChI is InChI=1S/C8H8P2S2/c11-9(5-1-2-6-9)10(12)7-3-4-8-10/h1-8H. The third kappa shape index (κ3) is 1.26. The van der Waals surface area contributed by atoms with Gasteiger partial charge in [-0.25, -0.2) is 0 Å². The van der Waals surface area contributed by atoms with Gasteiger partial charge in [-0.15, -0.1) is 0 Å². The van der Waals surface area contributed by atoms with Gasteiger partial charge in [-0.05, 0) is 24.3 Å². The molecule has 2 aliphatic heterocycles. The minimum absolute atomic E-state index is 1.51. The number of rotatable bonds is 1. The summed E-state index contributed by atoms with van der Waals surface area (Å²) in [5.41, 5.74) is 0. The first kappa shape index (κ1) is 9.09. The van der Waals surface area contributed by atoms with Crippen LogP contribution in [0.25, 0.3) is 0 Å².